The van der Waals surface area contributed by atoms with E-state index in [1.807, 2.05) is 36.4 Å². The van der Waals surface area contributed by atoms with Crippen LogP contribution in [0.25, 0.3) is 22.4 Å². The van der Waals surface area contributed by atoms with Crippen molar-refractivity contribution in [2.24, 2.45) is 0 Å². The summed E-state index contributed by atoms with van der Waals surface area (Å²) in [5.74, 6) is 1.37. The maximum absolute atomic E-state index is 13.2. The van der Waals surface area contributed by atoms with E-state index >= 15 is 0 Å². The van der Waals surface area contributed by atoms with Crippen LogP contribution in [-0.4, -0.2) is 42.5 Å². The number of piperidine rings is 1. The summed E-state index contributed by atoms with van der Waals surface area (Å²) in [5.41, 5.74) is 3.07. The van der Waals surface area contributed by atoms with Gasteiger partial charge in [-0.05, 0) is 43.2 Å². The van der Waals surface area contributed by atoms with E-state index in [2.05, 4.69) is 22.8 Å². The number of rotatable bonds is 5. The van der Waals surface area contributed by atoms with Crippen LogP contribution in [0.2, 0.25) is 5.02 Å². The highest BCUT2D eigenvalue weighted by Crippen LogP contribution is 2.35. The molecule has 1 aliphatic heterocycles. The molecule has 5 rings (SSSR count). The van der Waals surface area contributed by atoms with Crippen molar-refractivity contribution < 1.29 is 13.2 Å². The lowest BCUT2D eigenvalue weighted by Gasteiger charge is -2.33. The van der Waals surface area contributed by atoms with Gasteiger partial charge in [-0.25, -0.2) is 13.4 Å². The summed E-state index contributed by atoms with van der Waals surface area (Å²) in [6, 6.07) is 23.0. The molecule has 0 bridgehead atoms. The van der Waals surface area contributed by atoms with Gasteiger partial charge < -0.3 is 9.30 Å². The predicted octanol–water partition coefficient (Wildman–Crippen LogP) is 5.39. The molecule has 0 atom stereocenters. The Morgan fingerprint density at radius 3 is 2.36 bits per heavy atom. The fourth-order valence-electron chi connectivity index (χ4n) is 4.50. The molecule has 33 heavy (non-hydrogen) atoms. The van der Waals surface area contributed by atoms with Crippen molar-refractivity contribution in [1.29, 1.82) is 0 Å². The molecule has 0 radical (unpaired) electrons. The molecule has 0 spiro atoms. The molecule has 0 N–H and O–H groups in total. The number of para-hydroxylation sites is 2. The van der Waals surface area contributed by atoms with Crippen LogP contribution in [0.15, 0.2) is 77.7 Å². The highest BCUT2D eigenvalue weighted by atomic mass is 35.5. The van der Waals surface area contributed by atoms with Crippen molar-refractivity contribution in [1.82, 2.24) is 13.9 Å². The summed E-state index contributed by atoms with van der Waals surface area (Å²) in [7, 11) is -2.13. The van der Waals surface area contributed by atoms with Crippen LogP contribution in [0.5, 0.6) is 5.75 Å². The summed E-state index contributed by atoms with van der Waals surface area (Å²) in [6.07, 6.45) is 1.40. The quantitative estimate of drug-likeness (QED) is 0.383. The third-order valence-corrected chi connectivity index (χ3v) is 8.37. The number of methoxy groups -OCH3 is 1. The number of sulfonamides is 1. The van der Waals surface area contributed by atoms with Gasteiger partial charge in [-0.2, -0.15) is 4.31 Å². The average Bonchev–Trinajstić information content (AvgIpc) is 3.24. The lowest BCUT2D eigenvalue weighted by molar-refractivity contribution is 0.278. The maximum atomic E-state index is 13.2. The Labute approximate surface area is 198 Å². The Bertz CT molecular complexity index is 1400. The molecule has 2 heterocycles. The predicted molar refractivity (Wildman–Crippen MR) is 130 cm³/mol. The summed E-state index contributed by atoms with van der Waals surface area (Å²) in [4.78, 5) is 5.09. The molecule has 4 aromatic rings. The van der Waals surface area contributed by atoms with Crippen LogP contribution in [0.1, 0.15) is 18.9 Å². The summed E-state index contributed by atoms with van der Waals surface area (Å²) < 4.78 is 35.4. The fourth-order valence-corrected chi connectivity index (χ4v) is 6.32. The molecular weight excluding hydrogens is 458 g/mol. The second-order valence-corrected chi connectivity index (χ2v) is 10.4. The van der Waals surface area contributed by atoms with Crippen molar-refractivity contribution >= 4 is 32.7 Å². The Hall–Kier alpha value is -2.87. The van der Waals surface area contributed by atoms with Gasteiger partial charge in [0.05, 0.1) is 28.1 Å². The van der Waals surface area contributed by atoms with E-state index in [-0.39, 0.29) is 16.0 Å². The van der Waals surface area contributed by atoms with E-state index in [0.29, 0.717) is 31.7 Å². The zero-order chi connectivity index (χ0) is 23.0. The molecule has 0 aliphatic carbocycles. The Morgan fingerprint density at radius 1 is 0.970 bits per heavy atom. The van der Waals surface area contributed by atoms with Gasteiger partial charge in [0.1, 0.15) is 11.6 Å². The second-order valence-electron chi connectivity index (χ2n) is 8.09. The van der Waals surface area contributed by atoms with E-state index in [0.717, 1.165) is 22.4 Å². The minimum absolute atomic E-state index is 0.151. The Kier molecular flexibility index (Phi) is 5.86. The van der Waals surface area contributed by atoms with Gasteiger partial charge in [0.25, 0.3) is 0 Å². The number of aromatic nitrogens is 2. The van der Waals surface area contributed by atoms with E-state index in [4.69, 9.17) is 21.3 Å². The molecule has 1 aromatic heterocycles. The average molecular weight is 482 g/mol. The number of nitrogens with zero attached hydrogens (tertiary/aromatic N) is 3. The second kappa shape index (κ2) is 8.82. The Balaban J connectivity index is 1.43. The molecule has 0 unspecified atom stereocenters. The van der Waals surface area contributed by atoms with Gasteiger partial charge in [0.15, 0.2) is 0 Å². The first-order valence-corrected chi connectivity index (χ1v) is 12.7. The zero-order valence-electron chi connectivity index (χ0n) is 18.2. The van der Waals surface area contributed by atoms with Crippen LogP contribution < -0.4 is 4.74 Å². The number of ether oxygens (including phenoxy) is 1. The number of fused-ring (bicyclic) bond motifs is 1. The van der Waals surface area contributed by atoms with Crippen molar-refractivity contribution in [3.8, 4) is 17.1 Å². The van der Waals surface area contributed by atoms with Crippen LogP contribution in [0.4, 0.5) is 0 Å². The minimum atomic E-state index is -3.64. The first-order valence-electron chi connectivity index (χ1n) is 10.8. The van der Waals surface area contributed by atoms with Gasteiger partial charge in [-0.3, -0.25) is 0 Å². The highest BCUT2D eigenvalue weighted by Gasteiger charge is 2.32. The van der Waals surface area contributed by atoms with E-state index in [1.54, 1.807) is 16.4 Å². The molecule has 0 amide bonds. The lowest BCUT2D eigenvalue weighted by atomic mass is 10.1. The number of imidazole rings is 1. The lowest BCUT2D eigenvalue weighted by Crippen LogP contribution is -2.39. The molecule has 3 aromatic carbocycles. The molecule has 8 heteroatoms. The third kappa shape index (κ3) is 4.01. The molecule has 6 nitrogen and oxygen atoms in total. The van der Waals surface area contributed by atoms with E-state index in [9.17, 15) is 8.42 Å². The first-order chi connectivity index (χ1) is 16.0. The summed E-state index contributed by atoms with van der Waals surface area (Å²) in [5, 5.41) is 0.283. The maximum Gasteiger partial charge on any atom is 0.243 e. The molecular formula is C25H24ClN3O3S. The highest BCUT2D eigenvalue weighted by molar-refractivity contribution is 7.89. The van der Waals surface area contributed by atoms with Gasteiger partial charge in [-0.15, -0.1) is 0 Å². The smallest absolute Gasteiger partial charge is 0.243 e. The number of halogens is 1. The number of hydrogen-bond acceptors (Lipinski definition) is 4. The SMILES string of the molecule is COc1ccc(S(=O)(=O)N2CCC(n3c(-c4ccccc4)nc4ccccc43)CC2)cc1Cl. The van der Waals surface area contributed by atoms with E-state index < -0.39 is 10.0 Å². The minimum Gasteiger partial charge on any atom is -0.495 e. The fraction of sp³-hybridized carbons (Fsp3) is 0.240. The zero-order valence-corrected chi connectivity index (χ0v) is 19.8. The molecule has 1 aliphatic rings. The number of benzene rings is 3. The summed E-state index contributed by atoms with van der Waals surface area (Å²) >= 11 is 6.18. The molecule has 1 fully saturated rings. The van der Waals surface area contributed by atoms with Crippen LogP contribution in [0.3, 0.4) is 0 Å². The van der Waals surface area contributed by atoms with Crippen LogP contribution in [0, 0.1) is 0 Å². The normalized spacial score (nSPS) is 15.7. The van der Waals surface area contributed by atoms with Gasteiger partial charge in [0.2, 0.25) is 10.0 Å². The van der Waals surface area contributed by atoms with Crippen LogP contribution in [-0.2, 0) is 10.0 Å². The van der Waals surface area contributed by atoms with Crippen molar-refractivity contribution in [3.05, 3.63) is 77.8 Å². The van der Waals surface area contributed by atoms with Gasteiger partial charge in [-0.1, -0.05) is 54.1 Å². The van der Waals surface area contributed by atoms with Gasteiger partial charge >= 0.3 is 0 Å². The summed E-state index contributed by atoms with van der Waals surface area (Å²) in [6.45, 7) is 0.856. The standard InChI is InChI=1S/C25H24ClN3O3S/c1-32-24-12-11-20(17-21(24)26)33(30,31)28-15-13-19(14-16-28)29-23-10-6-5-9-22(23)27-25(29)18-7-3-2-4-8-18/h2-12,17,19H,13-16H2,1H3. The first kappa shape index (κ1) is 21.9. The van der Waals surface area contributed by atoms with Crippen molar-refractivity contribution in [2.75, 3.05) is 20.2 Å². The largest absolute Gasteiger partial charge is 0.495 e. The monoisotopic (exact) mass is 481 g/mol. The van der Waals surface area contributed by atoms with Crippen molar-refractivity contribution in [2.45, 2.75) is 23.8 Å². The van der Waals surface area contributed by atoms with Crippen LogP contribution >= 0.6 is 11.6 Å². The van der Waals surface area contributed by atoms with E-state index in [1.165, 1.54) is 13.2 Å². The molecule has 0 saturated carbocycles. The third-order valence-electron chi connectivity index (χ3n) is 6.18. The molecule has 170 valence electrons. The Morgan fingerprint density at radius 2 is 1.67 bits per heavy atom. The van der Waals surface area contributed by atoms with Crippen molar-refractivity contribution in [3.63, 3.8) is 0 Å². The number of hydrogen-bond donors (Lipinski definition) is 0. The molecule has 1 saturated heterocycles. The van der Waals surface area contributed by atoms with Gasteiger partial charge in [0, 0.05) is 24.7 Å². The topological polar surface area (TPSA) is 64.4 Å².